The molecule has 0 heterocycles. The number of carbonyl (C=O) groups is 2. The standard InChI is InChI=1S/C24H26ClF3N2O5S/c1-12(2)22(29)24(32)35-15-4-6-16(7-5-15)36(33,34)20-9-13(3-8-17(20)25)23(31)30-14-10-18(26)21(28)19(27)11-14/h3,8-12,15-16,22H,4-7,29H2,1-2H3,(H,30,31)/t15?,16?,22-/m0/s1. The zero-order valence-electron chi connectivity index (χ0n) is 19.6. The van der Waals surface area contributed by atoms with Crippen LogP contribution in [0.2, 0.25) is 5.02 Å². The quantitative estimate of drug-likeness (QED) is 0.387. The van der Waals surface area contributed by atoms with E-state index in [2.05, 4.69) is 5.32 Å². The molecule has 1 aliphatic carbocycles. The number of amides is 1. The Morgan fingerprint density at radius 1 is 1.06 bits per heavy atom. The number of hydrogen-bond acceptors (Lipinski definition) is 6. The molecule has 1 fully saturated rings. The van der Waals surface area contributed by atoms with Crippen molar-refractivity contribution in [2.45, 2.75) is 61.8 Å². The number of esters is 1. The summed E-state index contributed by atoms with van der Waals surface area (Å²) in [6.45, 7) is 3.59. The predicted molar refractivity (Wildman–Crippen MR) is 128 cm³/mol. The molecule has 1 atom stereocenters. The molecule has 3 N–H and O–H groups in total. The molecule has 12 heteroatoms. The topological polar surface area (TPSA) is 116 Å². The van der Waals surface area contributed by atoms with Gasteiger partial charge in [0.2, 0.25) is 0 Å². The Bertz CT molecular complexity index is 1240. The second-order valence-corrected chi connectivity index (χ2v) is 11.6. The molecule has 7 nitrogen and oxygen atoms in total. The number of benzene rings is 2. The van der Waals surface area contributed by atoms with Crippen LogP contribution in [0.15, 0.2) is 35.2 Å². The van der Waals surface area contributed by atoms with Gasteiger partial charge in [0.1, 0.15) is 12.1 Å². The van der Waals surface area contributed by atoms with Crippen molar-refractivity contribution in [3.8, 4) is 0 Å². The number of carbonyl (C=O) groups excluding carboxylic acids is 2. The van der Waals surface area contributed by atoms with Crippen molar-refractivity contribution in [3.63, 3.8) is 0 Å². The number of nitrogens with two attached hydrogens (primary N) is 1. The third-order valence-corrected chi connectivity index (χ3v) is 8.82. The van der Waals surface area contributed by atoms with Crippen LogP contribution in [0.1, 0.15) is 49.9 Å². The third-order valence-electron chi connectivity index (χ3n) is 6.07. The first-order valence-electron chi connectivity index (χ1n) is 11.3. The Hall–Kier alpha value is -2.63. The Balaban J connectivity index is 1.73. The molecule has 36 heavy (non-hydrogen) atoms. The van der Waals surface area contributed by atoms with Gasteiger partial charge in [0.25, 0.3) is 5.91 Å². The molecule has 0 bridgehead atoms. The van der Waals surface area contributed by atoms with E-state index >= 15 is 0 Å². The van der Waals surface area contributed by atoms with Gasteiger partial charge in [0, 0.05) is 23.4 Å². The minimum absolute atomic E-state index is 0.0954. The van der Waals surface area contributed by atoms with Gasteiger partial charge in [-0.2, -0.15) is 0 Å². The van der Waals surface area contributed by atoms with Crippen molar-refractivity contribution in [1.82, 2.24) is 0 Å². The van der Waals surface area contributed by atoms with E-state index in [1.54, 1.807) is 13.8 Å². The highest BCUT2D eigenvalue weighted by Crippen LogP contribution is 2.34. The van der Waals surface area contributed by atoms with Gasteiger partial charge in [-0.1, -0.05) is 25.4 Å². The number of sulfone groups is 1. The first-order chi connectivity index (χ1) is 16.8. The van der Waals surface area contributed by atoms with Crippen LogP contribution >= 0.6 is 11.6 Å². The van der Waals surface area contributed by atoms with Crippen molar-refractivity contribution >= 4 is 39.0 Å². The van der Waals surface area contributed by atoms with Crippen molar-refractivity contribution < 1.29 is 35.9 Å². The lowest BCUT2D eigenvalue weighted by Crippen LogP contribution is -2.40. The molecule has 1 saturated carbocycles. The van der Waals surface area contributed by atoms with E-state index < -0.39 is 56.6 Å². The van der Waals surface area contributed by atoms with Crippen molar-refractivity contribution in [2.75, 3.05) is 5.32 Å². The van der Waals surface area contributed by atoms with Crippen LogP contribution in [0.25, 0.3) is 0 Å². The summed E-state index contributed by atoms with van der Waals surface area (Å²) in [6.07, 6.45) is 0.605. The molecule has 1 aliphatic rings. The normalized spacial score (nSPS) is 19.1. The number of anilines is 1. The van der Waals surface area contributed by atoms with E-state index in [0.29, 0.717) is 25.0 Å². The highest BCUT2D eigenvalue weighted by Gasteiger charge is 2.35. The largest absolute Gasteiger partial charge is 0.461 e. The SMILES string of the molecule is CC(C)[C@H](N)C(=O)OC1CCC(S(=O)(=O)c2cc(C(=O)Nc3cc(F)c(F)c(F)c3)ccc2Cl)CC1. The second-order valence-electron chi connectivity index (χ2n) is 9.00. The van der Waals surface area contributed by atoms with E-state index in [0.717, 1.165) is 6.07 Å². The average Bonchev–Trinajstić information content (AvgIpc) is 2.82. The van der Waals surface area contributed by atoms with Crippen LogP contribution in [-0.4, -0.2) is 37.7 Å². The molecular weight excluding hydrogens is 521 g/mol. The van der Waals surface area contributed by atoms with Gasteiger partial charge in [-0.05, 0) is 49.8 Å². The minimum Gasteiger partial charge on any atom is -0.461 e. The van der Waals surface area contributed by atoms with Gasteiger partial charge >= 0.3 is 5.97 Å². The van der Waals surface area contributed by atoms with Crippen molar-refractivity contribution in [2.24, 2.45) is 11.7 Å². The molecule has 2 aromatic carbocycles. The molecule has 0 saturated heterocycles. The van der Waals surface area contributed by atoms with Crippen LogP contribution in [0.5, 0.6) is 0 Å². The van der Waals surface area contributed by atoms with Gasteiger partial charge in [-0.25, -0.2) is 21.6 Å². The molecule has 2 aromatic rings. The van der Waals surface area contributed by atoms with Crippen molar-refractivity contribution in [3.05, 3.63) is 58.4 Å². The fourth-order valence-corrected chi connectivity index (χ4v) is 6.17. The van der Waals surface area contributed by atoms with Gasteiger partial charge in [0.05, 0.1) is 15.2 Å². The average molecular weight is 547 g/mol. The number of rotatable bonds is 7. The van der Waals surface area contributed by atoms with Crippen LogP contribution in [0.3, 0.4) is 0 Å². The Morgan fingerprint density at radius 2 is 1.64 bits per heavy atom. The Labute approximate surface area is 212 Å². The second kappa shape index (κ2) is 11.2. The summed E-state index contributed by atoms with van der Waals surface area (Å²) in [5, 5.41) is 1.29. The first kappa shape index (κ1) is 27.9. The monoisotopic (exact) mass is 546 g/mol. The van der Waals surface area contributed by atoms with Gasteiger partial charge < -0.3 is 15.8 Å². The lowest BCUT2D eigenvalue weighted by molar-refractivity contribution is -0.153. The molecule has 0 aliphatic heterocycles. The van der Waals surface area contributed by atoms with Crippen LogP contribution in [-0.2, 0) is 19.4 Å². The third kappa shape index (κ3) is 6.19. The molecule has 0 radical (unpaired) electrons. The maximum atomic E-state index is 13.4. The Kier molecular flexibility index (Phi) is 8.68. The van der Waals surface area contributed by atoms with E-state index in [4.69, 9.17) is 22.1 Å². The van der Waals surface area contributed by atoms with E-state index in [1.807, 2.05) is 0 Å². The smallest absolute Gasteiger partial charge is 0.323 e. The van der Waals surface area contributed by atoms with Crippen molar-refractivity contribution in [1.29, 1.82) is 0 Å². The maximum absolute atomic E-state index is 13.4. The summed E-state index contributed by atoms with van der Waals surface area (Å²) in [7, 11) is -3.97. The number of halogens is 4. The summed E-state index contributed by atoms with van der Waals surface area (Å²) < 4.78 is 72.1. The van der Waals surface area contributed by atoms with Gasteiger partial charge in [-0.3, -0.25) is 9.59 Å². The van der Waals surface area contributed by atoms with Crippen LogP contribution in [0.4, 0.5) is 18.9 Å². The van der Waals surface area contributed by atoms with Crippen LogP contribution < -0.4 is 11.1 Å². The molecule has 0 spiro atoms. The van der Waals surface area contributed by atoms with Gasteiger partial charge in [-0.15, -0.1) is 0 Å². The maximum Gasteiger partial charge on any atom is 0.323 e. The lowest BCUT2D eigenvalue weighted by Gasteiger charge is -2.29. The lowest BCUT2D eigenvalue weighted by atomic mass is 9.97. The van der Waals surface area contributed by atoms with E-state index in [1.165, 1.54) is 12.1 Å². The summed E-state index contributed by atoms with van der Waals surface area (Å²) in [6, 6.07) is 4.00. The molecule has 0 unspecified atom stereocenters. The number of nitrogens with one attached hydrogen (secondary N) is 1. The van der Waals surface area contributed by atoms with E-state index in [9.17, 15) is 31.2 Å². The fourth-order valence-electron chi connectivity index (χ4n) is 3.85. The summed E-state index contributed by atoms with van der Waals surface area (Å²) in [5.74, 6) is -6.15. The summed E-state index contributed by atoms with van der Waals surface area (Å²) in [5.41, 5.74) is 5.33. The number of ether oxygens (including phenoxy) is 1. The molecule has 196 valence electrons. The fraction of sp³-hybridized carbons (Fsp3) is 0.417. The minimum atomic E-state index is -3.97. The van der Waals surface area contributed by atoms with Gasteiger partial charge in [0.15, 0.2) is 27.3 Å². The highest BCUT2D eigenvalue weighted by atomic mass is 35.5. The van der Waals surface area contributed by atoms with Crippen LogP contribution in [0, 0.1) is 23.4 Å². The Morgan fingerprint density at radius 3 is 2.19 bits per heavy atom. The summed E-state index contributed by atoms with van der Waals surface area (Å²) in [4.78, 5) is 24.4. The molecule has 0 aromatic heterocycles. The highest BCUT2D eigenvalue weighted by molar-refractivity contribution is 7.92. The first-order valence-corrected chi connectivity index (χ1v) is 13.2. The predicted octanol–water partition coefficient (Wildman–Crippen LogP) is 4.62. The number of hydrogen-bond donors (Lipinski definition) is 2. The zero-order valence-corrected chi connectivity index (χ0v) is 21.1. The molecule has 3 rings (SSSR count). The summed E-state index contributed by atoms with van der Waals surface area (Å²) >= 11 is 6.15. The zero-order chi connectivity index (χ0) is 26.8. The van der Waals surface area contributed by atoms with E-state index in [-0.39, 0.29) is 39.9 Å². The molecule has 1 amide bonds. The molecular formula is C24H26ClF3N2O5S.